The van der Waals surface area contributed by atoms with E-state index in [2.05, 4.69) is 19.1 Å². The highest BCUT2D eigenvalue weighted by atomic mass is 16.3. The third-order valence-electron chi connectivity index (χ3n) is 7.06. The molecular formula is C22H31NO4. The summed E-state index contributed by atoms with van der Waals surface area (Å²) in [7, 11) is 1.50. The van der Waals surface area contributed by atoms with E-state index in [0.717, 1.165) is 19.3 Å². The molecule has 6 atom stereocenters. The van der Waals surface area contributed by atoms with E-state index in [-0.39, 0.29) is 23.2 Å². The van der Waals surface area contributed by atoms with Crippen molar-refractivity contribution in [3.8, 4) is 0 Å². The summed E-state index contributed by atoms with van der Waals surface area (Å²) in [5, 5.41) is 20.9. The van der Waals surface area contributed by atoms with Gasteiger partial charge in [0, 0.05) is 18.4 Å². The lowest BCUT2D eigenvalue weighted by Gasteiger charge is -2.50. The van der Waals surface area contributed by atoms with Crippen molar-refractivity contribution in [1.29, 1.82) is 0 Å². The molecule has 2 N–H and O–H groups in total. The average molecular weight is 373 g/mol. The number of aliphatic hydroxyl groups excluding tert-OH is 2. The van der Waals surface area contributed by atoms with Crippen molar-refractivity contribution in [2.45, 2.75) is 46.1 Å². The lowest BCUT2D eigenvalue weighted by atomic mass is 9.54. The van der Waals surface area contributed by atoms with Gasteiger partial charge in [-0.3, -0.25) is 9.59 Å². The number of hydrogen-bond acceptors (Lipinski definition) is 4. The van der Waals surface area contributed by atoms with Gasteiger partial charge in [-0.05, 0) is 37.5 Å². The van der Waals surface area contributed by atoms with Gasteiger partial charge < -0.3 is 15.1 Å². The van der Waals surface area contributed by atoms with Crippen molar-refractivity contribution in [3.05, 3.63) is 35.6 Å². The highest BCUT2D eigenvalue weighted by Crippen LogP contribution is 2.56. The maximum absolute atomic E-state index is 12.8. The van der Waals surface area contributed by atoms with Gasteiger partial charge >= 0.3 is 0 Å². The second-order valence-electron chi connectivity index (χ2n) is 8.61. The highest BCUT2D eigenvalue weighted by molar-refractivity contribution is 6.26. The number of rotatable bonds is 3. The lowest BCUT2D eigenvalue weighted by molar-refractivity contribution is -0.126. The van der Waals surface area contributed by atoms with Crippen molar-refractivity contribution >= 4 is 11.7 Å². The molecular weight excluding hydrogens is 342 g/mol. The molecule has 0 aromatic rings. The number of nitrogens with zero attached hydrogens (tertiary/aromatic N) is 1. The van der Waals surface area contributed by atoms with Crippen LogP contribution in [-0.4, -0.2) is 46.5 Å². The summed E-state index contributed by atoms with van der Waals surface area (Å²) in [5.74, 6) is -0.00752. The largest absolute Gasteiger partial charge is 0.511 e. The fraction of sp³-hybridized carbons (Fsp3) is 0.636. The first-order valence-electron chi connectivity index (χ1n) is 9.94. The predicted octanol–water partition coefficient (Wildman–Crippen LogP) is 3.02. The minimum absolute atomic E-state index is 0.0799. The number of amides is 1. The number of ketones is 1. The van der Waals surface area contributed by atoms with Crippen molar-refractivity contribution in [2.75, 3.05) is 13.7 Å². The van der Waals surface area contributed by atoms with Crippen molar-refractivity contribution in [3.63, 3.8) is 0 Å². The van der Waals surface area contributed by atoms with E-state index in [4.69, 9.17) is 0 Å². The molecule has 3 aliphatic rings. The third-order valence-corrected chi connectivity index (χ3v) is 7.06. The second kappa shape index (κ2) is 7.27. The van der Waals surface area contributed by atoms with Crippen LogP contribution in [0.4, 0.5) is 0 Å². The molecule has 1 saturated carbocycles. The maximum Gasteiger partial charge on any atom is 0.261 e. The number of likely N-dealkylation sites (N-methyl/N-ethyl adjacent to an activating group) is 1. The Hall–Kier alpha value is -1.88. The number of fused-ring (bicyclic) bond motifs is 1. The Morgan fingerprint density at radius 2 is 2.04 bits per heavy atom. The Labute approximate surface area is 161 Å². The molecule has 5 heteroatoms. The topological polar surface area (TPSA) is 77.8 Å². The molecule has 0 radical (unpaired) electrons. The number of Topliss-reactive ketones (excluding diaryl/α,β-unsaturated/α-hetero) is 1. The molecule has 0 unspecified atom stereocenters. The predicted molar refractivity (Wildman–Crippen MR) is 104 cm³/mol. The summed E-state index contributed by atoms with van der Waals surface area (Å²) in [6, 6.07) is -0.903. The lowest BCUT2D eigenvalue weighted by Crippen LogP contribution is -2.45. The SMILES string of the molecule is C/C=C\[C@H]1C=C[C@H]2C[C@@H](C)CC[C@@H]2[C@@]1(C)/C(O)=C1\C(=O)[C@H](CO)N(C)C1=O. The molecule has 1 saturated heterocycles. The molecule has 0 spiro atoms. The minimum atomic E-state index is -0.903. The first kappa shape index (κ1) is 19.9. The number of carbonyl (C=O) groups excluding carboxylic acids is 2. The van der Waals surface area contributed by atoms with E-state index in [9.17, 15) is 19.8 Å². The number of aliphatic hydroxyl groups is 2. The zero-order chi connectivity index (χ0) is 19.9. The van der Waals surface area contributed by atoms with Gasteiger partial charge in [-0.2, -0.15) is 0 Å². The van der Waals surface area contributed by atoms with Crippen LogP contribution in [0.5, 0.6) is 0 Å². The molecule has 2 aliphatic carbocycles. The van der Waals surface area contributed by atoms with E-state index >= 15 is 0 Å². The van der Waals surface area contributed by atoms with E-state index in [1.807, 2.05) is 26.0 Å². The van der Waals surface area contributed by atoms with Crippen LogP contribution in [-0.2, 0) is 9.59 Å². The molecule has 0 bridgehead atoms. The van der Waals surface area contributed by atoms with E-state index in [1.165, 1.54) is 11.9 Å². The van der Waals surface area contributed by atoms with Crippen LogP contribution in [0.3, 0.4) is 0 Å². The standard InChI is InChI=1S/C22H31NO4/c1-5-6-15-9-8-14-11-13(2)7-10-16(14)22(15,3)20(26)18-19(25)17(12-24)23(4)21(18)27/h5-6,8-9,13-17,24,26H,7,10-12H2,1-4H3/b6-5-,20-18-/t13-,14-,15-,16-,17-,22-/m0/s1. The number of likely N-dealkylation sites (tertiary alicyclic amines) is 1. The maximum atomic E-state index is 12.8. The molecule has 0 aromatic carbocycles. The molecule has 1 aliphatic heterocycles. The normalized spacial score (nSPS) is 41.4. The van der Waals surface area contributed by atoms with Crippen LogP contribution in [0, 0.1) is 29.1 Å². The van der Waals surface area contributed by atoms with Crippen molar-refractivity contribution in [1.82, 2.24) is 4.90 Å². The number of hydrogen-bond donors (Lipinski definition) is 2. The van der Waals surface area contributed by atoms with Gasteiger partial charge in [0.1, 0.15) is 17.4 Å². The summed E-state index contributed by atoms with van der Waals surface area (Å²) < 4.78 is 0. The van der Waals surface area contributed by atoms with Crippen molar-refractivity contribution < 1.29 is 19.8 Å². The molecule has 5 nitrogen and oxygen atoms in total. The number of allylic oxidation sites excluding steroid dienone is 5. The molecule has 2 fully saturated rings. The van der Waals surface area contributed by atoms with Crippen LogP contribution < -0.4 is 0 Å². The van der Waals surface area contributed by atoms with Gasteiger partial charge in [-0.15, -0.1) is 0 Å². The molecule has 148 valence electrons. The minimum Gasteiger partial charge on any atom is -0.511 e. The Morgan fingerprint density at radius 1 is 1.33 bits per heavy atom. The van der Waals surface area contributed by atoms with Crippen LogP contribution in [0.2, 0.25) is 0 Å². The van der Waals surface area contributed by atoms with Gasteiger partial charge in [0.05, 0.1) is 6.61 Å². The molecule has 1 heterocycles. The van der Waals surface area contributed by atoms with Crippen LogP contribution in [0.25, 0.3) is 0 Å². The monoisotopic (exact) mass is 373 g/mol. The Kier molecular flexibility index (Phi) is 5.35. The smallest absolute Gasteiger partial charge is 0.261 e. The van der Waals surface area contributed by atoms with Crippen LogP contribution in [0.15, 0.2) is 35.6 Å². The van der Waals surface area contributed by atoms with Gasteiger partial charge in [-0.1, -0.05) is 44.6 Å². The summed E-state index contributed by atoms with van der Waals surface area (Å²) in [5.41, 5.74) is -0.848. The van der Waals surface area contributed by atoms with Gasteiger partial charge in [0.2, 0.25) is 0 Å². The van der Waals surface area contributed by atoms with Gasteiger partial charge in [-0.25, -0.2) is 0 Å². The summed E-state index contributed by atoms with van der Waals surface area (Å²) >= 11 is 0. The Balaban J connectivity index is 2.14. The van der Waals surface area contributed by atoms with Gasteiger partial charge in [0.15, 0.2) is 5.78 Å². The third kappa shape index (κ3) is 2.96. The first-order valence-corrected chi connectivity index (χ1v) is 9.94. The molecule has 27 heavy (non-hydrogen) atoms. The van der Waals surface area contributed by atoms with E-state index in [1.54, 1.807) is 0 Å². The molecule has 1 amide bonds. The quantitative estimate of drug-likeness (QED) is 0.345. The number of carbonyl (C=O) groups is 2. The van der Waals surface area contributed by atoms with Crippen molar-refractivity contribution in [2.24, 2.45) is 29.1 Å². The zero-order valence-corrected chi connectivity index (χ0v) is 16.7. The second-order valence-corrected chi connectivity index (χ2v) is 8.61. The summed E-state index contributed by atoms with van der Waals surface area (Å²) in [6.07, 6.45) is 11.5. The average Bonchev–Trinajstić information content (AvgIpc) is 2.85. The van der Waals surface area contributed by atoms with E-state index in [0.29, 0.717) is 11.8 Å². The molecule has 0 aromatic heterocycles. The Morgan fingerprint density at radius 3 is 2.63 bits per heavy atom. The van der Waals surface area contributed by atoms with Crippen LogP contribution in [0.1, 0.15) is 40.0 Å². The van der Waals surface area contributed by atoms with Gasteiger partial charge in [0.25, 0.3) is 5.91 Å². The molecule has 3 rings (SSSR count). The first-order chi connectivity index (χ1) is 12.8. The fourth-order valence-electron chi connectivity index (χ4n) is 5.35. The highest BCUT2D eigenvalue weighted by Gasteiger charge is 2.53. The Bertz CT molecular complexity index is 722. The zero-order valence-electron chi connectivity index (χ0n) is 16.7. The van der Waals surface area contributed by atoms with Crippen LogP contribution >= 0.6 is 0 Å². The summed E-state index contributed by atoms with van der Waals surface area (Å²) in [6.45, 7) is 5.75. The summed E-state index contributed by atoms with van der Waals surface area (Å²) in [4.78, 5) is 26.7. The van der Waals surface area contributed by atoms with E-state index < -0.39 is 29.8 Å². The fourth-order valence-corrected chi connectivity index (χ4v) is 5.35.